The van der Waals surface area contributed by atoms with Crippen LogP contribution in [0.5, 0.6) is 11.5 Å². The van der Waals surface area contributed by atoms with E-state index in [4.69, 9.17) is 9.47 Å². The molecule has 0 saturated carbocycles. The summed E-state index contributed by atoms with van der Waals surface area (Å²) in [6.07, 6.45) is -5.57. The summed E-state index contributed by atoms with van der Waals surface area (Å²) >= 11 is 0. The number of nitrogens with zero attached hydrogens (tertiary/aromatic N) is 2. The van der Waals surface area contributed by atoms with Gasteiger partial charge in [0.05, 0.1) is 12.1 Å². The second-order valence-corrected chi connectivity index (χ2v) is 8.18. The van der Waals surface area contributed by atoms with E-state index in [2.05, 4.69) is 10.2 Å². The first-order valence-electron chi connectivity index (χ1n) is 10.8. The minimum Gasteiger partial charge on any atom is -0.486 e. The molecule has 2 atom stereocenters. The van der Waals surface area contributed by atoms with Crippen LogP contribution in [0.4, 0.5) is 18.9 Å². The number of carbonyl (C=O) groups excluding carboxylic acids is 1. The van der Waals surface area contributed by atoms with Crippen LogP contribution in [0.1, 0.15) is 5.56 Å². The summed E-state index contributed by atoms with van der Waals surface area (Å²) in [5.74, 6) is 1.01. The van der Waals surface area contributed by atoms with Gasteiger partial charge in [-0.1, -0.05) is 12.1 Å². The molecule has 2 heterocycles. The highest BCUT2D eigenvalue weighted by Gasteiger charge is 2.31. The molecule has 0 bridgehead atoms. The molecule has 1 amide bonds. The van der Waals surface area contributed by atoms with E-state index in [1.54, 1.807) is 0 Å². The van der Waals surface area contributed by atoms with E-state index in [9.17, 15) is 23.1 Å². The van der Waals surface area contributed by atoms with Crippen LogP contribution >= 0.6 is 0 Å². The molecule has 7 nitrogen and oxygen atoms in total. The van der Waals surface area contributed by atoms with Crippen molar-refractivity contribution in [1.82, 2.24) is 9.80 Å². The molecule has 0 aromatic heterocycles. The number of benzene rings is 2. The maximum absolute atomic E-state index is 12.6. The molecule has 2 aromatic carbocycles. The number of amides is 1. The Morgan fingerprint density at radius 2 is 1.67 bits per heavy atom. The van der Waals surface area contributed by atoms with Crippen LogP contribution in [0.15, 0.2) is 48.5 Å². The third-order valence-electron chi connectivity index (χ3n) is 5.73. The van der Waals surface area contributed by atoms with E-state index in [0.29, 0.717) is 49.9 Å². The minimum atomic E-state index is -4.41. The third kappa shape index (κ3) is 6.16. The lowest BCUT2D eigenvalue weighted by Crippen LogP contribution is -2.53. The number of alkyl halides is 3. The monoisotopic (exact) mass is 465 g/mol. The van der Waals surface area contributed by atoms with Crippen molar-refractivity contribution in [3.63, 3.8) is 0 Å². The largest absolute Gasteiger partial charge is 0.486 e. The average Bonchev–Trinajstić information content (AvgIpc) is 2.79. The Hall–Kier alpha value is -2.82. The lowest BCUT2D eigenvalue weighted by atomic mass is 10.1. The van der Waals surface area contributed by atoms with Crippen molar-refractivity contribution in [2.75, 3.05) is 51.2 Å². The number of ether oxygens (including phenoxy) is 2. The summed E-state index contributed by atoms with van der Waals surface area (Å²) in [6.45, 7) is 3.48. The number of halogens is 3. The number of hydrogen-bond donors (Lipinski definition) is 2. The van der Waals surface area contributed by atoms with E-state index in [0.717, 1.165) is 12.1 Å². The summed E-state index contributed by atoms with van der Waals surface area (Å²) in [5.41, 5.74) is -0.431. The van der Waals surface area contributed by atoms with Gasteiger partial charge in [0.1, 0.15) is 12.7 Å². The topological polar surface area (TPSA) is 74.3 Å². The molecule has 0 aliphatic carbocycles. The highest BCUT2D eigenvalue weighted by molar-refractivity contribution is 5.92. The molecule has 0 radical (unpaired) electrons. The summed E-state index contributed by atoms with van der Waals surface area (Å²) in [5, 5.41) is 13.2. The first-order valence-corrected chi connectivity index (χ1v) is 10.8. The fraction of sp³-hybridized carbons (Fsp3) is 0.435. The second-order valence-electron chi connectivity index (χ2n) is 8.18. The molecular weight excluding hydrogens is 439 g/mol. The van der Waals surface area contributed by atoms with Gasteiger partial charge in [0.25, 0.3) is 0 Å². The predicted molar refractivity (Wildman–Crippen MR) is 115 cm³/mol. The van der Waals surface area contributed by atoms with Crippen LogP contribution in [0.25, 0.3) is 0 Å². The molecule has 2 aliphatic rings. The van der Waals surface area contributed by atoms with Crippen LogP contribution in [0.3, 0.4) is 0 Å². The van der Waals surface area contributed by atoms with Crippen LogP contribution in [0.2, 0.25) is 0 Å². The summed E-state index contributed by atoms with van der Waals surface area (Å²) < 4.78 is 49.5. The smallest absolute Gasteiger partial charge is 0.416 e. The van der Waals surface area contributed by atoms with E-state index in [1.807, 2.05) is 29.2 Å². The normalized spacial score (nSPS) is 20.3. The average molecular weight is 465 g/mol. The van der Waals surface area contributed by atoms with E-state index < -0.39 is 23.9 Å². The van der Waals surface area contributed by atoms with Crippen molar-refractivity contribution in [3.05, 3.63) is 54.1 Å². The number of para-hydroxylation sites is 2. The highest BCUT2D eigenvalue weighted by atomic mass is 19.4. The Kier molecular flexibility index (Phi) is 7.06. The lowest BCUT2D eigenvalue weighted by molar-refractivity contribution is -0.137. The number of fused-ring (bicyclic) bond motifs is 1. The molecule has 10 heteroatoms. The van der Waals surface area contributed by atoms with Gasteiger partial charge >= 0.3 is 6.18 Å². The summed E-state index contributed by atoms with van der Waals surface area (Å²) in [7, 11) is 0. The van der Waals surface area contributed by atoms with Gasteiger partial charge in [0.2, 0.25) is 5.91 Å². The van der Waals surface area contributed by atoms with Crippen molar-refractivity contribution in [2.45, 2.75) is 18.4 Å². The molecule has 2 aromatic rings. The van der Waals surface area contributed by atoms with Crippen LogP contribution in [-0.4, -0.2) is 78.9 Å². The van der Waals surface area contributed by atoms with Gasteiger partial charge in [-0.05, 0) is 36.4 Å². The minimum absolute atomic E-state index is 0.147. The number of carbonyl (C=O) groups is 1. The summed E-state index contributed by atoms with van der Waals surface area (Å²) in [6, 6.07) is 11.7. The van der Waals surface area contributed by atoms with Gasteiger partial charge in [-0.15, -0.1) is 0 Å². The number of anilines is 1. The fourth-order valence-electron chi connectivity index (χ4n) is 3.88. The van der Waals surface area contributed by atoms with Gasteiger partial charge < -0.3 is 19.9 Å². The Bertz CT molecular complexity index is 947. The Balaban J connectivity index is 1.19. The van der Waals surface area contributed by atoms with Crippen molar-refractivity contribution in [3.8, 4) is 11.5 Å². The van der Waals surface area contributed by atoms with Crippen molar-refractivity contribution < 1.29 is 32.5 Å². The van der Waals surface area contributed by atoms with E-state index in [-0.39, 0.29) is 19.1 Å². The maximum atomic E-state index is 12.6. The van der Waals surface area contributed by atoms with Crippen molar-refractivity contribution in [1.29, 1.82) is 0 Å². The standard InChI is InChI=1S/C23H26F3N3O4/c24-23(25,26)16-5-7-17(8-6-16)27-22(31)14-29-11-9-28(10-12-29)13-18(30)21-15-32-19-3-1-2-4-20(19)33-21/h1-8,18,21,30H,9-15H2,(H,27,31). The molecule has 2 aliphatic heterocycles. The zero-order valence-electron chi connectivity index (χ0n) is 17.9. The fourth-order valence-corrected chi connectivity index (χ4v) is 3.88. The van der Waals surface area contributed by atoms with Crippen LogP contribution < -0.4 is 14.8 Å². The number of aliphatic hydroxyl groups excluding tert-OH is 1. The van der Waals surface area contributed by atoms with Crippen LogP contribution in [-0.2, 0) is 11.0 Å². The molecule has 4 rings (SSSR count). The van der Waals surface area contributed by atoms with Gasteiger partial charge in [-0.25, -0.2) is 0 Å². The zero-order chi connectivity index (χ0) is 23.4. The zero-order valence-corrected chi connectivity index (χ0v) is 17.9. The number of hydrogen-bond acceptors (Lipinski definition) is 6. The molecule has 178 valence electrons. The Morgan fingerprint density at radius 3 is 2.33 bits per heavy atom. The van der Waals surface area contributed by atoms with E-state index >= 15 is 0 Å². The van der Waals surface area contributed by atoms with Gasteiger partial charge in [0, 0.05) is 38.4 Å². The quantitative estimate of drug-likeness (QED) is 0.683. The SMILES string of the molecule is O=C(CN1CCN(CC(O)C2COc3ccccc3O2)CC1)Nc1ccc(C(F)(F)F)cc1. The maximum Gasteiger partial charge on any atom is 0.416 e. The van der Waals surface area contributed by atoms with Gasteiger partial charge in [-0.3, -0.25) is 14.6 Å². The first-order chi connectivity index (χ1) is 15.8. The van der Waals surface area contributed by atoms with Gasteiger partial charge in [-0.2, -0.15) is 13.2 Å². The molecule has 1 saturated heterocycles. The number of aliphatic hydroxyl groups is 1. The highest BCUT2D eigenvalue weighted by Crippen LogP contribution is 2.32. The Labute approximate surface area is 189 Å². The van der Waals surface area contributed by atoms with Crippen molar-refractivity contribution >= 4 is 11.6 Å². The molecular formula is C23H26F3N3O4. The predicted octanol–water partition coefficient (Wildman–Crippen LogP) is 2.46. The number of β-amino-alcohol motifs (C(OH)–C–C–N with tert-alkyl or cyclic N) is 1. The molecule has 2 N–H and O–H groups in total. The van der Waals surface area contributed by atoms with Crippen LogP contribution in [0, 0.1) is 0 Å². The second kappa shape index (κ2) is 9.98. The molecule has 2 unspecified atom stereocenters. The van der Waals surface area contributed by atoms with Crippen molar-refractivity contribution in [2.24, 2.45) is 0 Å². The molecule has 1 fully saturated rings. The number of rotatable bonds is 6. The Morgan fingerprint density at radius 1 is 1.03 bits per heavy atom. The first kappa shape index (κ1) is 23.3. The number of piperazine rings is 1. The van der Waals surface area contributed by atoms with Gasteiger partial charge in [0.15, 0.2) is 17.6 Å². The lowest BCUT2D eigenvalue weighted by Gasteiger charge is -2.37. The van der Waals surface area contributed by atoms with E-state index in [1.165, 1.54) is 12.1 Å². The number of nitrogens with one attached hydrogen (secondary N) is 1. The summed E-state index contributed by atoms with van der Waals surface area (Å²) in [4.78, 5) is 16.4. The molecule has 0 spiro atoms. The third-order valence-corrected chi connectivity index (χ3v) is 5.73. The molecule has 33 heavy (non-hydrogen) atoms.